The highest BCUT2D eigenvalue weighted by Crippen LogP contribution is 2.20. The molecule has 1 aliphatic rings. The van der Waals surface area contributed by atoms with Crippen molar-refractivity contribution in [2.24, 2.45) is 0 Å². The van der Waals surface area contributed by atoms with E-state index in [-0.39, 0.29) is 6.23 Å². The zero-order valence-electron chi connectivity index (χ0n) is 7.86. The molecule has 0 spiro atoms. The van der Waals surface area contributed by atoms with E-state index in [1.807, 2.05) is 18.2 Å². The van der Waals surface area contributed by atoms with Crippen LogP contribution in [0.25, 0.3) is 0 Å². The molecule has 2 rings (SSSR count). The Morgan fingerprint density at radius 2 is 2.15 bits per heavy atom. The van der Waals surface area contributed by atoms with E-state index in [1.54, 1.807) is 0 Å². The van der Waals surface area contributed by atoms with Crippen molar-refractivity contribution < 1.29 is 4.74 Å². The largest absolute Gasteiger partial charge is 0.357 e. The maximum absolute atomic E-state index is 5.63. The van der Waals surface area contributed by atoms with E-state index in [2.05, 4.69) is 24.4 Å². The van der Waals surface area contributed by atoms with Gasteiger partial charge in [-0.05, 0) is 12.0 Å². The Balaban J connectivity index is 2.04. The fourth-order valence-electron chi connectivity index (χ4n) is 1.58. The quantitative estimate of drug-likeness (QED) is 0.746. The Morgan fingerprint density at radius 3 is 2.77 bits per heavy atom. The average Bonchev–Trinajstić information content (AvgIpc) is 2.67. The maximum Gasteiger partial charge on any atom is 0.134 e. The third-order valence-electron chi connectivity index (χ3n) is 2.45. The van der Waals surface area contributed by atoms with Gasteiger partial charge in [-0.15, -0.1) is 0 Å². The molecule has 0 radical (unpaired) electrons. The van der Waals surface area contributed by atoms with Gasteiger partial charge in [-0.2, -0.15) is 0 Å². The summed E-state index contributed by atoms with van der Waals surface area (Å²) >= 11 is 0. The molecule has 1 unspecified atom stereocenters. The molecule has 0 saturated carbocycles. The molecule has 2 atom stereocenters. The van der Waals surface area contributed by atoms with Gasteiger partial charge in [0.25, 0.3) is 0 Å². The summed E-state index contributed by atoms with van der Waals surface area (Å²) in [4.78, 5) is 0. The predicted molar refractivity (Wildman–Crippen MR) is 52.3 cm³/mol. The summed E-state index contributed by atoms with van der Waals surface area (Å²) < 4.78 is 5.63. The van der Waals surface area contributed by atoms with Crippen LogP contribution >= 0.6 is 0 Å². The highest BCUT2D eigenvalue weighted by molar-refractivity contribution is 5.17. The first kappa shape index (κ1) is 8.73. The molecule has 2 nitrogen and oxygen atoms in total. The van der Waals surface area contributed by atoms with Crippen molar-refractivity contribution in [3.05, 3.63) is 35.9 Å². The van der Waals surface area contributed by atoms with Gasteiger partial charge in [0, 0.05) is 6.04 Å². The Morgan fingerprint density at radius 1 is 1.38 bits per heavy atom. The molecule has 1 aromatic rings. The Labute approximate surface area is 78.9 Å². The van der Waals surface area contributed by atoms with Gasteiger partial charge in [-0.3, -0.25) is 5.32 Å². The minimum Gasteiger partial charge on any atom is -0.357 e. The smallest absolute Gasteiger partial charge is 0.134 e. The molecule has 1 aromatic carbocycles. The van der Waals surface area contributed by atoms with E-state index in [0.29, 0.717) is 6.04 Å². The lowest BCUT2D eigenvalue weighted by molar-refractivity contribution is 0.101. The Kier molecular flexibility index (Phi) is 2.62. The number of hydrogen-bond acceptors (Lipinski definition) is 2. The summed E-state index contributed by atoms with van der Waals surface area (Å²) in [6, 6.07) is 10.8. The fourth-order valence-corrected chi connectivity index (χ4v) is 1.58. The van der Waals surface area contributed by atoms with Crippen molar-refractivity contribution in [3.63, 3.8) is 0 Å². The van der Waals surface area contributed by atoms with Crippen molar-refractivity contribution in [1.82, 2.24) is 5.32 Å². The second-order valence-corrected chi connectivity index (χ2v) is 3.40. The first-order valence-corrected chi connectivity index (χ1v) is 4.82. The van der Waals surface area contributed by atoms with Crippen LogP contribution in [0.1, 0.15) is 25.1 Å². The van der Waals surface area contributed by atoms with Gasteiger partial charge in [-0.1, -0.05) is 37.3 Å². The molecule has 0 aliphatic carbocycles. The zero-order valence-corrected chi connectivity index (χ0v) is 7.86. The van der Waals surface area contributed by atoms with Crippen LogP contribution in [0.5, 0.6) is 0 Å². The van der Waals surface area contributed by atoms with Crippen LogP contribution in [0.3, 0.4) is 0 Å². The van der Waals surface area contributed by atoms with Gasteiger partial charge < -0.3 is 4.74 Å². The summed E-state index contributed by atoms with van der Waals surface area (Å²) in [5.74, 6) is 0. The molecule has 2 heteroatoms. The molecule has 1 fully saturated rings. The molecule has 1 N–H and O–H groups in total. The van der Waals surface area contributed by atoms with Crippen molar-refractivity contribution >= 4 is 0 Å². The standard InChI is InChI=1S/C11H15NO/c1-2-10-8-13-11(12-10)9-6-4-3-5-7-9/h3-7,10-12H,2,8H2,1H3/t10-,11?/m1/s1. The topological polar surface area (TPSA) is 21.3 Å². The Hall–Kier alpha value is -0.860. The third kappa shape index (κ3) is 1.90. The highest BCUT2D eigenvalue weighted by Gasteiger charge is 2.23. The number of rotatable bonds is 2. The molecule has 13 heavy (non-hydrogen) atoms. The van der Waals surface area contributed by atoms with Gasteiger partial charge in [0.1, 0.15) is 6.23 Å². The van der Waals surface area contributed by atoms with Crippen LogP contribution in [-0.2, 0) is 4.74 Å². The van der Waals surface area contributed by atoms with Gasteiger partial charge >= 0.3 is 0 Å². The first-order valence-electron chi connectivity index (χ1n) is 4.82. The number of nitrogens with one attached hydrogen (secondary N) is 1. The lowest BCUT2D eigenvalue weighted by Gasteiger charge is -2.10. The third-order valence-corrected chi connectivity index (χ3v) is 2.45. The van der Waals surface area contributed by atoms with Crippen molar-refractivity contribution in [1.29, 1.82) is 0 Å². The molecule has 1 aliphatic heterocycles. The minimum absolute atomic E-state index is 0.103. The van der Waals surface area contributed by atoms with Crippen LogP contribution in [0.15, 0.2) is 30.3 Å². The van der Waals surface area contributed by atoms with Crippen LogP contribution in [0.2, 0.25) is 0 Å². The van der Waals surface area contributed by atoms with Gasteiger partial charge in [0.15, 0.2) is 0 Å². The van der Waals surface area contributed by atoms with Crippen molar-refractivity contribution in [2.75, 3.05) is 6.61 Å². The molecule has 0 bridgehead atoms. The van der Waals surface area contributed by atoms with Crippen molar-refractivity contribution in [2.45, 2.75) is 25.6 Å². The average molecular weight is 177 g/mol. The Bertz CT molecular complexity index is 260. The molecular formula is C11H15NO. The molecular weight excluding hydrogens is 162 g/mol. The zero-order chi connectivity index (χ0) is 9.10. The van der Waals surface area contributed by atoms with E-state index in [0.717, 1.165) is 13.0 Å². The van der Waals surface area contributed by atoms with E-state index in [1.165, 1.54) is 5.56 Å². The minimum atomic E-state index is 0.103. The summed E-state index contributed by atoms with van der Waals surface area (Å²) in [6.45, 7) is 3.00. The lowest BCUT2D eigenvalue weighted by Crippen LogP contribution is -2.24. The molecule has 70 valence electrons. The summed E-state index contributed by atoms with van der Waals surface area (Å²) in [5.41, 5.74) is 1.22. The summed E-state index contributed by atoms with van der Waals surface area (Å²) in [5, 5.41) is 3.43. The number of benzene rings is 1. The number of ether oxygens (including phenoxy) is 1. The van der Waals surface area contributed by atoms with Crippen LogP contribution in [0, 0.1) is 0 Å². The summed E-state index contributed by atoms with van der Waals surface area (Å²) in [7, 11) is 0. The van der Waals surface area contributed by atoms with Crippen molar-refractivity contribution in [3.8, 4) is 0 Å². The normalized spacial score (nSPS) is 27.8. The SMILES string of the molecule is CC[C@@H]1COC(c2ccccc2)N1. The van der Waals surface area contributed by atoms with E-state index in [4.69, 9.17) is 4.74 Å². The second-order valence-electron chi connectivity index (χ2n) is 3.40. The summed E-state index contributed by atoms with van der Waals surface area (Å²) in [6.07, 6.45) is 1.23. The van der Waals surface area contributed by atoms with E-state index in [9.17, 15) is 0 Å². The fraction of sp³-hybridized carbons (Fsp3) is 0.455. The molecule has 1 saturated heterocycles. The molecule has 1 heterocycles. The van der Waals surface area contributed by atoms with Crippen LogP contribution < -0.4 is 5.32 Å². The second kappa shape index (κ2) is 3.90. The van der Waals surface area contributed by atoms with Crippen LogP contribution in [-0.4, -0.2) is 12.6 Å². The van der Waals surface area contributed by atoms with Gasteiger partial charge in [-0.25, -0.2) is 0 Å². The van der Waals surface area contributed by atoms with Gasteiger partial charge in [0.05, 0.1) is 6.61 Å². The molecule has 0 aromatic heterocycles. The molecule has 0 amide bonds. The number of hydrogen-bond donors (Lipinski definition) is 1. The van der Waals surface area contributed by atoms with Crippen LogP contribution in [0.4, 0.5) is 0 Å². The monoisotopic (exact) mass is 177 g/mol. The first-order chi connectivity index (χ1) is 6.40. The maximum atomic E-state index is 5.63. The lowest BCUT2D eigenvalue weighted by atomic mass is 10.2. The predicted octanol–water partition coefficient (Wildman–Crippen LogP) is 2.08. The van der Waals surface area contributed by atoms with E-state index >= 15 is 0 Å². The van der Waals surface area contributed by atoms with Gasteiger partial charge in [0.2, 0.25) is 0 Å². The van der Waals surface area contributed by atoms with E-state index < -0.39 is 0 Å². The highest BCUT2D eigenvalue weighted by atomic mass is 16.5.